The molecule has 0 aromatic heterocycles. The third kappa shape index (κ3) is 12.3. The Labute approximate surface area is 122 Å². The molecule has 112 valence electrons. The molecule has 0 nitrogen and oxygen atoms in total. The van der Waals surface area contributed by atoms with E-state index in [0.717, 1.165) is 24.7 Å². The maximum absolute atomic E-state index is 3.33. The molecule has 0 aliphatic heterocycles. The molecular weight excluding hydrogens is 228 g/mol. The molecule has 0 fully saturated rings. The van der Waals surface area contributed by atoms with Gasteiger partial charge in [0.1, 0.15) is 0 Å². The Morgan fingerprint density at radius 2 is 1.42 bits per heavy atom. The molecular formula is C19H36. The van der Waals surface area contributed by atoms with E-state index in [1.807, 2.05) is 0 Å². The third-order valence-corrected chi connectivity index (χ3v) is 4.06. The van der Waals surface area contributed by atoms with E-state index in [0.29, 0.717) is 0 Å². The Bertz CT molecular complexity index is 230. The average molecular weight is 264 g/mol. The lowest BCUT2D eigenvalue weighted by Crippen LogP contribution is -2.06. The number of hydrogen-bond acceptors (Lipinski definition) is 0. The van der Waals surface area contributed by atoms with Crippen LogP contribution in [0.3, 0.4) is 0 Å². The zero-order valence-corrected chi connectivity index (χ0v) is 13.9. The Morgan fingerprint density at radius 3 is 2.00 bits per heavy atom. The van der Waals surface area contributed by atoms with E-state index >= 15 is 0 Å². The molecule has 0 amide bonds. The van der Waals surface area contributed by atoms with Crippen molar-refractivity contribution in [2.24, 2.45) is 11.8 Å². The van der Waals surface area contributed by atoms with Crippen molar-refractivity contribution in [3.05, 3.63) is 0 Å². The summed E-state index contributed by atoms with van der Waals surface area (Å²) >= 11 is 0. The monoisotopic (exact) mass is 264 g/mol. The normalized spacial score (nSPS) is 13.7. The molecule has 0 radical (unpaired) electrons. The molecule has 0 aromatic rings. The maximum Gasteiger partial charge on any atom is 0.00887 e. The fourth-order valence-electron chi connectivity index (χ4n) is 2.65. The molecule has 0 N–H and O–H groups in total. The summed E-state index contributed by atoms with van der Waals surface area (Å²) in [5.74, 6) is 8.47. The standard InChI is InChI=1S/C19H36/c1-5-8-10-11-12-13-14-15-18(4)17-19(7-3)16-9-6-2/h18-19H,5-10,13-17H2,1-4H3. The molecule has 0 rings (SSSR count). The highest BCUT2D eigenvalue weighted by Gasteiger charge is 2.10. The molecule has 0 aliphatic rings. The maximum atomic E-state index is 3.33. The number of hydrogen-bond donors (Lipinski definition) is 0. The van der Waals surface area contributed by atoms with Gasteiger partial charge in [0, 0.05) is 12.8 Å². The molecule has 0 aromatic carbocycles. The van der Waals surface area contributed by atoms with E-state index in [9.17, 15) is 0 Å². The lowest BCUT2D eigenvalue weighted by molar-refractivity contribution is 0.336. The first-order chi connectivity index (χ1) is 9.24. The summed E-state index contributed by atoms with van der Waals surface area (Å²) in [7, 11) is 0. The lowest BCUT2D eigenvalue weighted by atomic mass is 9.87. The van der Waals surface area contributed by atoms with Crippen molar-refractivity contribution in [1.82, 2.24) is 0 Å². The Hall–Kier alpha value is -0.440. The van der Waals surface area contributed by atoms with Crippen molar-refractivity contribution < 1.29 is 0 Å². The molecule has 0 saturated heterocycles. The first-order valence-electron chi connectivity index (χ1n) is 8.70. The largest absolute Gasteiger partial charge is 0.103 e. The van der Waals surface area contributed by atoms with Crippen LogP contribution in [0.25, 0.3) is 0 Å². The summed E-state index contributed by atoms with van der Waals surface area (Å²) in [4.78, 5) is 0. The fourth-order valence-corrected chi connectivity index (χ4v) is 2.65. The van der Waals surface area contributed by atoms with Crippen LogP contribution in [0.2, 0.25) is 0 Å². The van der Waals surface area contributed by atoms with Crippen LogP contribution in [0.4, 0.5) is 0 Å². The molecule has 19 heavy (non-hydrogen) atoms. The zero-order valence-electron chi connectivity index (χ0n) is 13.9. The van der Waals surface area contributed by atoms with Crippen molar-refractivity contribution in [3.8, 4) is 11.8 Å². The van der Waals surface area contributed by atoms with Gasteiger partial charge in [-0.05, 0) is 37.5 Å². The molecule has 0 heterocycles. The first-order valence-corrected chi connectivity index (χ1v) is 8.70. The average Bonchev–Trinajstić information content (AvgIpc) is 2.42. The Morgan fingerprint density at radius 1 is 0.789 bits per heavy atom. The van der Waals surface area contributed by atoms with Crippen LogP contribution < -0.4 is 0 Å². The van der Waals surface area contributed by atoms with Gasteiger partial charge in [-0.2, -0.15) is 0 Å². The van der Waals surface area contributed by atoms with Crippen molar-refractivity contribution in [3.63, 3.8) is 0 Å². The highest BCUT2D eigenvalue weighted by atomic mass is 14.2. The van der Waals surface area contributed by atoms with Crippen molar-refractivity contribution in [1.29, 1.82) is 0 Å². The van der Waals surface area contributed by atoms with Crippen LogP contribution >= 0.6 is 0 Å². The van der Waals surface area contributed by atoms with Crippen LogP contribution in [0.15, 0.2) is 0 Å². The quantitative estimate of drug-likeness (QED) is 0.291. The molecule has 0 aliphatic carbocycles. The molecule has 0 saturated carbocycles. The first kappa shape index (κ1) is 18.6. The summed E-state index contributed by atoms with van der Waals surface area (Å²) in [5, 5.41) is 0. The van der Waals surface area contributed by atoms with Gasteiger partial charge >= 0.3 is 0 Å². The van der Waals surface area contributed by atoms with E-state index < -0.39 is 0 Å². The highest BCUT2D eigenvalue weighted by Crippen LogP contribution is 2.24. The zero-order chi connectivity index (χ0) is 14.3. The summed E-state index contributed by atoms with van der Waals surface area (Å²) in [6.07, 6.45) is 14.4. The predicted molar refractivity (Wildman–Crippen MR) is 88.2 cm³/mol. The molecule has 2 atom stereocenters. The van der Waals surface area contributed by atoms with E-state index in [-0.39, 0.29) is 0 Å². The smallest absolute Gasteiger partial charge is 0.00887 e. The number of unbranched alkanes of at least 4 members (excludes halogenated alkanes) is 4. The van der Waals surface area contributed by atoms with Crippen LogP contribution in [-0.4, -0.2) is 0 Å². The number of rotatable bonds is 11. The topological polar surface area (TPSA) is 0 Å². The Kier molecular flexibility index (Phi) is 13.7. The second-order valence-electron chi connectivity index (χ2n) is 6.11. The summed E-state index contributed by atoms with van der Waals surface area (Å²) < 4.78 is 0. The highest BCUT2D eigenvalue weighted by molar-refractivity contribution is 4.98. The van der Waals surface area contributed by atoms with Crippen molar-refractivity contribution >= 4 is 0 Å². The minimum atomic E-state index is 0.888. The fraction of sp³-hybridized carbons (Fsp3) is 0.895. The summed E-state index contributed by atoms with van der Waals surface area (Å²) in [6, 6.07) is 0. The van der Waals surface area contributed by atoms with Gasteiger partial charge in [-0.15, -0.1) is 11.8 Å². The predicted octanol–water partition coefficient (Wildman–Crippen LogP) is 6.59. The van der Waals surface area contributed by atoms with Crippen molar-refractivity contribution in [2.75, 3.05) is 0 Å². The summed E-state index contributed by atoms with van der Waals surface area (Å²) in [5.41, 5.74) is 0. The van der Waals surface area contributed by atoms with Gasteiger partial charge in [0.05, 0.1) is 0 Å². The third-order valence-electron chi connectivity index (χ3n) is 4.06. The van der Waals surface area contributed by atoms with Crippen molar-refractivity contribution in [2.45, 2.75) is 98.3 Å². The van der Waals surface area contributed by atoms with E-state index in [2.05, 4.69) is 39.5 Å². The molecule has 0 spiro atoms. The SMILES string of the molecule is CCCCC#CCCCC(C)CC(CC)CCCC. The minimum Gasteiger partial charge on any atom is -0.103 e. The minimum absolute atomic E-state index is 0.888. The molecule has 0 bridgehead atoms. The second-order valence-corrected chi connectivity index (χ2v) is 6.11. The van der Waals surface area contributed by atoms with Gasteiger partial charge in [-0.1, -0.05) is 59.8 Å². The van der Waals surface area contributed by atoms with Gasteiger partial charge < -0.3 is 0 Å². The van der Waals surface area contributed by atoms with Gasteiger partial charge in [0.2, 0.25) is 0 Å². The van der Waals surface area contributed by atoms with Crippen LogP contribution in [-0.2, 0) is 0 Å². The van der Waals surface area contributed by atoms with Crippen LogP contribution in [0.5, 0.6) is 0 Å². The molecule has 2 unspecified atom stereocenters. The summed E-state index contributed by atoms with van der Waals surface area (Å²) in [6.45, 7) is 9.31. The molecule has 0 heteroatoms. The van der Waals surface area contributed by atoms with Crippen LogP contribution in [0.1, 0.15) is 98.3 Å². The van der Waals surface area contributed by atoms with Gasteiger partial charge in [0.25, 0.3) is 0 Å². The second kappa shape index (κ2) is 14.0. The lowest BCUT2D eigenvalue weighted by Gasteiger charge is -2.19. The van der Waals surface area contributed by atoms with Gasteiger partial charge in [-0.25, -0.2) is 0 Å². The van der Waals surface area contributed by atoms with E-state index in [1.54, 1.807) is 0 Å². The van der Waals surface area contributed by atoms with Crippen LogP contribution in [0, 0.1) is 23.7 Å². The Balaban J connectivity index is 3.60. The van der Waals surface area contributed by atoms with Gasteiger partial charge in [-0.3, -0.25) is 0 Å². The van der Waals surface area contributed by atoms with Gasteiger partial charge in [0.15, 0.2) is 0 Å². The van der Waals surface area contributed by atoms with E-state index in [4.69, 9.17) is 0 Å². The van der Waals surface area contributed by atoms with E-state index in [1.165, 1.54) is 57.8 Å².